The summed E-state index contributed by atoms with van der Waals surface area (Å²) in [4.78, 5) is 13.0. The molecule has 1 atom stereocenters. The van der Waals surface area contributed by atoms with E-state index in [0.29, 0.717) is 17.1 Å². The van der Waals surface area contributed by atoms with Gasteiger partial charge in [0.1, 0.15) is 17.3 Å². The van der Waals surface area contributed by atoms with E-state index in [2.05, 4.69) is 46.0 Å². The molecule has 2 heterocycles. The van der Waals surface area contributed by atoms with Crippen molar-refractivity contribution in [3.63, 3.8) is 0 Å². The maximum absolute atomic E-state index is 5.88. The Hall–Kier alpha value is -0.910. The van der Waals surface area contributed by atoms with Gasteiger partial charge in [-0.1, -0.05) is 25.4 Å². The fourth-order valence-electron chi connectivity index (χ4n) is 2.58. The molecule has 1 aromatic rings. The third-order valence-electron chi connectivity index (χ3n) is 3.90. The number of nitrogens with zero attached hydrogens (tertiary/aromatic N) is 4. The predicted molar refractivity (Wildman–Crippen MR) is 83.2 cm³/mol. The number of rotatable bonds is 5. The van der Waals surface area contributed by atoms with Crippen molar-refractivity contribution in [3.8, 4) is 0 Å². The first-order chi connectivity index (χ1) is 9.56. The van der Waals surface area contributed by atoms with Gasteiger partial charge in [0.2, 0.25) is 0 Å². The molecule has 0 aromatic carbocycles. The summed E-state index contributed by atoms with van der Waals surface area (Å²) < 4.78 is 0. The summed E-state index contributed by atoms with van der Waals surface area (Å²) >= 11 is 5.88. The molecule has 1 unspecified atom stereocenters. The van der Waals surface area contributed by atoms with E-state index in [1.807, 2.05) is 0 Å². The van der Waals surface area contributed by atoms with Crippen LogP contribution in [0.4, 0.5) is 5.82 Å². The van der Waals surface area contributed by atoms with E-state index in [1.165, 1.54) is 6.33 Å². The van der Waals surface area contributed by atoms with Gasteiger partial charge in [-0.3, -0.25) is 4.90 Å². The van der Waals surface area contributed by atoms with Gasteiger partial charge in [0.15, 0.2) is 0 Å². The van der Waals surface area contributed by atoms with Crippen LogP contribution < -0.4 is 5.32 Å². The Morgan fingerprint density at radius 2 is 1.95 bits per heavy atom. The maximum atomic E-state index is 5.88. The molecule has 0 aliphatic carbocycles. The summed E-state index contributed by atoms with van der Waals surface area (Å²) in [5.41, 5.74) is 0. The molecule has 0 radical (unpaired) electrons. The van der Waals surface area contributed by atoms with Gasteiger partial charge in [-0.15, -0.1) is 0 Å². The Morgan fingerprint density at radius 1 is 1.25 bits per heavy atom. The predicted octanol–water partition coefficient (Wildman–Crippen LogP) is 1.81. The van der Waals surface area contributed by atoms with Crippen LogP contribution in [0.5, 0.6) is 0 Å². The Bertz CT molecular complexity index is 418. The second-order valence-corrected chi connectivity index (χ2v) is 6.14. The number of aromatic nitrogens is 2. The summed E-state index contributed by atoms with van der Waals surface area (Å²) in [6.45, 7) is 9.98. The third-order valence-corrected chi connectivity index (χ3v) is 4.11. The SMILES string of the molecule is CC(C)C(CNc1cc(Cl)ncn1)N1CCN(C)CC1. The Morgan fingerprint density at radius 3 is 2.55 bits per heavy atom. The van der Waals surface area contributed by atoms with Gasteiger partial charge in [-0.2, -0.15) is 0 Å². The van der Waals surface area contributed by atoms with Crippen LogP contribution in [-0.4, -0.2) is 65.6 Å². The van der Waals surface area contributed by atoms with Crippen LogP contribution in [0.1, 0.15) is 13.8 Å². The van der Waals surface area contributed by atoms with Crippen molar-refractivity contribution in [1.29, 1.82) is 0 Å². The van der Waals surface area contributed by atoms with E-state index in [1.54, 1.807) is 6.07 Å². The monoisotopic (exact) mass is 297 g/mol. The lowest BCUT2D eigenvalue weighted by atomic mass is 10.0. The van der Waals surface area contributed by atoms with Crippen molar-refractivity contribution in [3.05, 3.63) is 17.5 Å². The highest BCUT2D eigenvalue weighted by atomic mass is 35.5. The first-order valence-electron chi connectivity index (χ1n) is 7.20. The molecule has 1 aliphatic rings. The summed E-state index contributed by atoms with van der Waals surface area (Å²) in [5, 5.41) is 3.86. The molecule has 0 amide bonds. The minimum Gasteiger partial charge on any atom is -0.368 e. The van der Waals surface area contributed by atoms with Crippen molar-refractivity contribution < 1.29 is 0 Å². The lowest BCUT2D eigenvalue weighted by Gasteiger charge is -2.40. The zero-order valence-corrected chi connectivity index (χ0v) is 13.3. The number of piperazine rings is 1. The van der Waals surface area contributed by atoms with Crippen molar-refractivity contribution in [2.45, 2.75) is 19.9 Å². The van der Waals surface area contributed by atoms with E-state index < -0.39 is 0 Å². The Kier molecular flexibility index (Phi) is 5.57. The van der Waals surface area contributed by atoms with Gasteiger partial charge >= 0.3 is 0 Å². The molecule has 1 aromatic heterocycles. The highest BCUT2D eigenvalue weighted by Gasteiger charge is 2.24. The Labute approximate surface area is 126 Å². The number of nitrogens with one attached hydrogen (secondary N) is 1. The number of halogens is 1. The molecule has 5 nitrogen and oxygen atoms in total. The van der Waals surface area contributed by atoms with E-state index in [0.717, 1.165) is 38.5 Å². The lowest BCUT2D eigenvalue weighted by Crippen LogP contribution is -2.52. The lowest BCUT2D eigenvalue weighted by molar-refractivity contribution is 0.0944. The topological polar surface area (TPSA) is 44.3 Å². The van der Waals surface area contributed by atoms with Gasteiger partial charge in [-0.25, -0.2) is 9.97 Å². The third kappa shape index (κ3) is 4.30. The molecule has 1 saturated heterocycles. The molecule has 2 rings (SSSR count). The molecular weight excluding hydrogens is 274 g/mol. The molecule has 1 fully saturated rings. The van der Waals surface area contributed by atoms with Gasteiger partial charge in [0, 0.05) is 44.8 Å². The summed E-state index contributed by atoms with van der Waals surface area (Å²) in [7, 11) is 2.18. The fourth-order valence-corrected chi connectivity index (χ4v) is 2.73. The quantitative estimate of drug-likeness (QED) is 0.840. The van der Waals surface area contributed by atoms with Gasteiger partial charge in [-0.05, 0) is 13.0 Å². The second-order valence-electron chi connectivity index (χ2n) is 5.76. The average Bonchev–Trinajstić information content (AvgIpc) is 2.41. The number of hydrogen-bond acceptors (Lipinski definition) is 5. The first-order valence-corrected chi connectivity index (χ1v) is 7.58. The van der Waals surface area contributed by atoms with Crippen LogP contribution in [0.2, 0.25) is 5.15 Å². The van der Waals surface area contributed by atoms with Crippen LogP contribution in [0.25, 0.3) is 0 Å². The molecule has 0 spiro atoms. The number of anilines is 1. The average molecular weight is 298 g/mol. The smallest absolute Gasteiger partial charge is 0.134 e. The molecule has 1 aliphatic heterocycles. The van der Waals surface area contributed by atoms with Crippen LogP contribution in [-0.2, 0) is 0 Å². The van der Waals surface area contributed by atoms with E-state index >= 15 is 0 Å². The fraction of sp³-hybridized carbons (Fsp3) is 0.714. The molecule has 112 valence electrons. The summed E-state index contributed by atoms with van der Waals surface area (Å²) in [6.07, 6.45) is 1.49. The molecule has 6 heteroatoms. The van der Waals surface area contributed by atoms with Crippen molar-refractivity contribution in [1.82, 2.24) is 19.8 Å². The first kappa shape index (κ1) is 15.5. The maximum Gasteiger partial charge on any atom is 0.134 e. The van der Waals surface area contributed by atoms with Crippen molar-refractivity contribution in [2.75, 3.05) is 45.1 Å². The molecule has 20 heavy (non-hydrogen) atoms. The van der Waals surface area contributed by atoms with Crippen LogP contribution in [0.15, 0.2) is 12.4 Å². The van der Waals surface area contributed by atoms with E-state index in [9.17, 15) is 0 Å². The standard InChI is InChI=1S/C14H24ClN5/c1-11(2)12(20-6-4-19(3)5-7-20)9-16-14-8-13(15)17-10-18-14/h8,10-12H,4-7,9H2,1-3H3,(H,16,17,18). The molecular formula is C14H24ClN5. The van der Waals surface area contributed by atoms with E-state index in [4.69, 9.17) is 11.6 Å². The summed E-state index contributed by atoms with van der Waals surface area (Å²) in [6, 6.07) is 2.28. The highest BCUT2D eigenvalue weighted by molar-refractivity contribution is 6.29. The molecule has 0 bridgehead atoms. The summed E-state index contributed by atoms with van der Waals surface area (Å²) in [5.74, 6) is 1.40. The number of likely N-dealkylation sites (N-methyl/N-ethyl adjacent to an activating group) is 1. The zero-order valence-electron chi connectivity index (χ0n) is 12.5. The second kappa shape index (κ2) is 7.20. The van der Waals surface area contributed by atoms with Crippen LogP contribution in [0.3, 0.4) is 0 Å². The van der Waals surface area contributed by atoms with Crippen LogP contribution >= 0.6 is 11.6 Å². The van der Waals surface area contributed by atoms with Gasteiger partial charge in [0.25, 0.3) is 0 Å². The highest BCUT2D eigenvalue weighted by Crippen LogP contribution is 2.15. The minimum absolute atomic E-state index is 0.475. The van der Waals surface area contributed by atoms with Crippen molar-refractivity contribution >= 4 is 17.4 Å². The van der Waals surface area contributed by atoms with Gasteiger partial charge in [0.05, 0.1) is 0 Å². The Balaban J connectivity index is 1.92. The minimum atomic E-state index is 0.475. The largest absolute Gasteiger partial charge is 0.368 e. The zero-order chi connectivity index (χ0) is 14.5. The normalized spacial score (nSPS) is 19.2. The number of hydrogen-bond donors (Lipinski definition) is 1. The van der Waals surface area contributed by atoms with Crippen LogP contribution in [0, 0.1) is 5.92 Å². The van der Waals surface area contributed by atoms with Crippen molar-refractivity contribution in [2.24, 2.45) is 5.92 Å². The van der Waals surface area contributed by atoms with E-state index in [-0.39, 0.29) is 0 Å². The van der Waals surface area contributed by atoms with Gasteiger partial charge < -0.3 is 10.2 Å². The molecule has 0 saturated carbocycles. The molecule has 1 N–H and O–H groups in total.